The van der Waals surface area contributed by atoms with Crippen LogP contribution in [0, 0.1) is 0 Å². The molecule has 2 aliphatic heterocycles. The number of amidine groups is 1. The number of hydrogen-bond donors (Lipinski definition) is 1. The molecule has 0 saturated carbocycles. The number of sulfone groups is 1. The molecule has 38 heavy (non-hydrogen) atoms. The van der Waals surface area contributed by atoms with E-state index < -0.39 is 33.5 Å². The largest absolute Gasteiger partial charge is 0.444 e. The Morgan fingerprint density at radius 3 is 2.34 bits per heavy atom. The quantitative estimate of drug-likeness (QED) is 0.556. The van der Waals surface area contributed by atoms with Crippen LogP contribution >= 0.6 is 11.8 Å². The van der Waals surface area contributed by atoms with E-state index in [1.807, 2.05) is 59.5 Å². The molecule has 2 amide bonds. The lowest BCUT2D eigenvalue weighted by atomic mass is 10.0. The molecule has 0 aliphatic carbocycles. The smallest absolute Gasteiger partial charge is 0.408 e. The van der Waals surface area contributed by atoms with E-state index in [0.717, 1.165) is 16.8 Å². The van der Waals surface area contributed by atoms with Crippen molar-refractivity contribution in [2.75, 3.05) is 16.4 Å². The second kappa shape index (κ2) is 11.1. The van der Waals surface area contributed by atoms with Crippen molar-refractivity contribution in [3.63, 3.8) is 0 Å². The summed E-state index contributed by atoms with van der Waals surface area (Å²) in [6.07, 6.45) is -0.458. The molecule has 0 unspecified atom stereocenters. The minimum absolute atomic E-state index is 0.00735. The van der Waals surface area contributed by atoms with E-state index in [0.29, 0.717) is 11.1 Å². The number of carbonyl (C=O) groups is 2. The lowest BCUT2D eigenvalue weighted by Gasteiger charge is -2.26. The maximum absolute atomic E-state index is 13.6. The Morgan fingerprint density at radius 2 is 1.74 bits per heavy atom. The van der Waals surface area contributed by atoms with Crippen molar-refractivity contribution in [3.8, 4) is 0 Å². The molecule has 204 valence electrons. The zero-order valence-corrected chi connectivity index (χ0v) is 24.0. The Kier molecular flexibility index (Phi) is 8.23. The summed E-state index contributed by atoms with van der Waals surface area (Å²) in [6, 6.07) is 16.0. The zero-order valence-electron chi connectivity index (χ0n) is 22.4. The molecule has 0 bridgehead atoms. The highest BCUT2D eigenvalue weighted by atomic mass is 32.2. The molecule has 1 N–H and O–H groups in total. The first-order chi connectivity index (χ1) is 17.8. The Hall–Kier alpha value is -2.85. The van der Waals surface area contributed by atoms with Crippen molar-refractivity contribution < 1.29 is 22.7 Å². The summed E-state index contributed by atoms with van der Waals surface area (Å²) < 4.78 is 30.3. The van der Waals surface area contributed by atoms with Gasteiger partial charge in [-0.05, 0) is 49.9 Å². The summed E-state index contributed by atoms with van der Waals surface area (Å²) in [5.74, 6) is -0.120. The molecule has 10 heteroatoms. The molecule has 2 aliphatic rings. The molecule has 2 saturated heterocycles. The zero-order chi connectivity index (χ0) is 27.7. The lowest BCUT2D eigenvalue weighted by Crippen LogP contribution is -2.45. The van der Waals surface area contributed by atoms with Gasteiger partial charge in [0, 0.05) is 17.4 Å². The molecular formula is C28H35N3O5S2. The van der Waals surface area contributed by atoms with Crippen LogP contribution in [-0.4, -0.2) is 60.0 Å². The highest BCUT2D eigenvalue weighted by molar-refractivity contribution is 8.16. The molecule has 0 aromatic heterocycles. The molecule has 4 rings (SSSR count). The Labute approximate surface area is 229 Å². The molecular weight excluding hydrogens is 522 g/mol. The fraction of sp³-hybridized carbons (Fsp3) is 0.464. The summed E-state index contributed by atoms with van der Waals surface area (Å²) in [5, 5.41) is 2.92. The number of carbonyl (C=O) groups excluding carboxylic acids is 2. The van der Waals surface area contributed by atoms with Crippen LogP contribution in [0.2, 0.25) is 0 Å². The number of thioether (sulfide) groups is 1. The SMILES string of the molecule is CC(C)c1ccc(N2C(=NC(=O)[C@@H](Cc3ccccc3)NC(=O)OC(C)(C)C)S[C@H]3CS(=O)(=O)C[C@@H]32)cc1. The Balaban J connectivity index is 1.65. The minimum Gasteiger partial charge on any atom is -0.444 e. The van der Waals surface area contributed by atoms with Crippen LogP contribution in [0.3, 0.4) is 0 Å². The third-order valence-corrected chi connectivity index (χ3v) is 9.59. The van der Waals surface area contributed by atoms with E-state index in [9.17, 15) is 18.0 Å². The number of aliphatic imine (C=N–C) groups is 1. The molecule has 0 radical (unpaired) electrons. The predicted molar refractivity (Wildman–Crippen MR) is 153 cm³/mol. The number of alkyl carbamates (subject to hydrolysis) is 1. The van der Waals surface area contributed by atoms with Gasteiger partial charge < -0.3 is 15.0 Å². The number of nitrogens with zero attached hydrogens (tertiary/aromatic N) is 2. The average Bonchev–Trinajstić information content (AvgIpc) is 3.28. The van der Waals surface area contributed by atoms with Gasteiger partial charge in [-0.1, -0.05) is 68.1 Å². The number of rotatable bonds is 6. The maximum Gasteiger partial charge on any atom is 0.408 e. The van der Waals surface area contributed by atoms with E-state index in [2.05, 4.69) is 24.2 Å². The van der Waals surface area contributed by atoms with Crippen molar-refractivity contribution in [1.29, 1.82) is 0 Å². The van der Waals surface area contributed by atoms with Gasteiger partial charge in [0.1, 0.15) is 11.6 Å². The highest BCUT2D eigenvalue weighted by Crippen LogP contribution is 2.41. The van der Waals surface area contributed by atoms with Crippen LogP contribution < -0.4 is 10.2 Å². The molecule has 2 aromatic rings. The van der Waals surface area contributed by atoms with E-state index >= 15 is 0 Å². The van der Waals surface area contributed by atoms with Crippen LogP contribution in [0.1, 0.15) is 51.7 Å². The normalized spacial score (nSPS) is 22.4. The molecule has 0 spiro atoms. The van der Waals surface area contributed by atoms with Crippen LogP contribution in [0.4, 0.5) is 10.5 Å². The molecule has 3 atom stereocenters. The van der Waals surface area contributed by atoms with E-state index in [4.69, 9.17) is 4.74 Å². The van der Waals surface area contributed by atoms with Gasteiger partial charge in [-0.15, -0.1) is 0 Å². The number of ether oxygens (including phenoxy) is 1. The fourth-order valence-electron chi connectivity index (χ4n) is 4.56. The summed E-state index contributed by atoms with van der Waals surface area (Å²) >= 11 is 1.31. The molecule has 2 heterocycles. The van der Waals surface area contributed by atoms with Crippen LogP contribution in [-0.2, 0) is 25.8 Å². The first-order valence-electron chi connectivity index (χ1n) is 12.7. The van der Waals surface area contributed by atoms with Gasteiger partial charge in [0.15, 0.2) is 15.0 Å². The minimum atomic E-state index is -3.19. The van der Waals surface area contributed by atoms with Gasteiger partial charge in [-0.3, -0.25) is 4.79 Å². The molecule has 8 nitrogen and oxygen atoms in total. The number of fused-ring (bicyclic) bond motifs is 1. The van der Waals surface area contributed by atoms with Crippen molar-refractivity contribution >= 4 is 44.5 Å². The van der Waals surface area contributed by atoms with Gasteiger partial charge in [0.05, 0.1) is 17.5 Å². The number of amides is 2. The maximum atomic E-state index is 13.6. The van der Waals surface area contributed by atoms with Crippen LogP contribution in [0.15, 0.2) is 59.6 Å². The Morgan fingerprint density at radius 1 is 1.08 bits per heavy atom. The summed E-state index contributed by atoms with van der Waals surface area (Å²) in [7, 11) is -3.19. The van der Waals surface area contributed by atoms with Crippen molar-refractivity contribution in [2.45, 2.75) is 69.9 Å². The standard InChI is InChI=1S/C28H35N3O5S2/c1-18(2)20-11-13-21(14-12-20)31-23-16-38(34,35)17-24(23)37-26(31)30-25(32)22(15-19-9-7-6-8-10-19)29-27(33)36-28(3,4)5/h6-14,18,22-24H,15-17H2,1-5H3,(H,29,33)/t22-,23+,24+/m1/s1. The van der Waals surface area contributed by atoms with Crippen molar-refractivity contribution in [2.24, 2.45) is 4.99 Å². The number of anilines is 1. The third-order valence-electron chi connectivity index (χ3n) is 6.38. The monoisotopic (exact) mass is 557 g/mol. The highest BCUT2D eigenvalue weighted by Gasteiger charge is 2.49. The second-order valence-corrected chi connectivity index (χ2v) is 14.4. The Bertz CT molecular complexity index is 1300. The van der Waals surface area contributed by atoms with E-state index in [-0.39, 0.29) is 29.2 Å². The van der Waals surface area contributed by atoms with E-state index in [1.54, 1.807) is 20.8 Å². The fourth-order valence-corrected chi connectivity index (χ4v) is 8.48. The van der Waals surface area contributed by atoms with Gasteiger partial charge in [-0.2, -0.15) is 4.99 Å². The van der Waals surface area contributed by atoms with Crippen LogP contribution in [0.5, 0.6) is 0 Å². The second-order valence-electron chi connectivity index (χ2n) is 11.0. The van der Waals surface area contributed by atoms with Crippen LogP contribution in [0.25, 0.3) is 0 Å². The summed E-state index contributed by atoms with van der Waals surface area (Å²) in [5.41, 5.74) is 2.10. The number of nitrogens with one attached hydrogen (secondary N) is 1. The molecule has 2 fully saturated rings. The topological polar surface area (TPSA) is 105 Å². The van der Waals surface area contributed by atoms with Gasteiger partial charge in [0.25, 0.3) is 5.91 Å². The van der Waals surface area contributed by atoms with E-state index in [1.165, 1.54) is 11.8 Å². The summed E-state index contributed by atoms with van der Waals surface area (Å²) in [4.78, 5) is 32.5. The predicted octanol–water partition coefficient (Wildman–Crippen LogP) is 4.55. The van der Waals surface area contributed by atoms with Crippen molar-refractivity contribution in [3.05, 3.63) is 65.7 Å². The number of benzene rings is 2. The number of hydrogen-bond acceptors (Lipinski definition) is 6. The first kappa shape index (κ1) is 28.2. The third kappa shape index (κ3) is 6.96. The lowest BCUT2D eigenvalue weighted by molar-refractivity contribution is -0.119. The average molecular weight is 558 g/mol. The van der Waals surface area contributed by atoms with Gasteiger partial charge in [0.2, 0.25) is 0 Å². The van der Waals surface area contributed by atoms with Crippen molar-refractivity contribution in [1.82, 2.24) is 5.32 Å². The summed E-state index contributed by atoms with van der Waals surface area (Å²) in [6.45, 7) is 9.48. The van der Waals surface area contributed by atoms with Gasteiger partial charge >= 0.3 is 6.09 Å². The first-order valence-corrected chi connectivity index (χ1v) is 15.4. The molecule has 2 aromatic carbocycles. The van der Waals surface area contributed by atoms with Gasteiger partial charge in [-0.25, -0.2) is 13.2 Å².